The summed E-state index contributed by atoms with van der Waals surface area (Å²) in [4.78, 5) is 0. The Balaban J connectivity index is 0.000000493. The maximum Gasteiger partial charge on any atom is -0.0328 e. The molecular weight excluding hydrogens is 1090 g/mol. The van der Waals surface area contributed by atoms with E-state index in [1.807, 2.05) is 0 Å². The molecule has 0 aliphatic heterocycles. The summed E-state index contributed by atoms with van der Waals surface area (Å²) in [6, 6.07) is 0. The Kier molecular flexibility index (Phi) is 41.9. The van der Waals surface area contributed by atoms with E-state index in [-0.39, 0.29) is 0 Å². The normalized spacial score (nSPS) is 36.4. The molecule has 0 spiro atoms. The lowest BCUT2D eigenvalue weighted by Gasteiger charge is -2.42. The molecule has 13 saturated carbocycles. The molecule has 0 nitrogen and oxygen atoms in total. The quantitative estimate of drug-likeness (QED) is 0.238. The fraction of sp³-hybridized carbons (Fsp3) is 1.00. The van der Waals surface area contributed by atoms with E-state index in [0.29, 0.717) is 21.7 Å². The molecule has 0 bridgehead atoms. The highest BCUT2D eigenvalue weighted by Gasteiger charge is 2.37. The highest BCUT2D eigenvalue weighted by atomic mass is 14.4. The van der Waals surface area contributed by atoms with Gasteiger partial charge in [-0.25, -0.2) is 0 Å². The van der Waals surface area contributed by atoms with Gasteiger partial charge in [0.2, 0.25) is 0 Å². The van der Waals surface area contributed by atoms with E-state index < -0.39 is 0 Å². The number of hydrogen-bond donors (Lipinski definition) is 0. The topological polar surface area (TPSA) is 0 Å². The zero-order valence-corrected chi connectivity index (χ0v) is 69.9. The monoisotopic (exact) mass is 1280 g/mol. The summed E-state index contributed by atoms with van der Waals surface area (Å²) < 4.78 is 0. The average molecular weight is 1280 g/mol. The van der Waals surface area contributed by atoms with Gasteiger partial charge in [0, 0.05) is 0 Å². The fourth-order valence-corrected chi connectivity index (χ4v) is 17.3. The first-order valence-corrected chi connectivity index (χ1v) is 42.1. The Bertz CT molecular complexity index is 1570. The van der Waals surface area contributed by atoms with E-state index in [2.05, 4.69) is 222 Å². The summed E-state index contributed by atoms with van der Waals surface area (Å²) in [6.07, 6.45) is 48.1. The molecule has 0 amide bonds. The first-order chi connectivity index (χ1) is 42.1. The van der Waals surface area contributed by atoms with E-state index in [1.165, 1.54) is 212 Å². The van der Waals surface area contributed by atoms with Crippen molar-refractivity contribution in [1.29, 1.82) is 0 Å². The molecule has 0 heteroatoms. The van der Waals surface area contributed by atoms with E-state index in [1.54, 1.807) is 0 Å². The molecule has 0 aromatic carbocycles. The Hall–Kier alpha value is 0. The van der Waals surface area contributed by atoms with Crippen molar-refractivity contribution >= 4 is 0 Å². The van der Waals surface area contributed by atoms with Gasteiger partial charge in [-0.1, -0.05) is 305 Å². The molecule has 11 atom stereocenters. The van der Waals surface area contributed by atoms with Gasteiger partial charge in [-0.15, -0.1) is 0 Å². The van der Waals surface area contributed by atoms with Gasteiger partial charge >= 0.3 is 0 Å². The largest absolute Gasteiger partial charge is 0.0651 e. The molecule has 546 valence electrons. The van der Waals surface area contributed by atoms with Crippen molar-refractivity contribution in [2.45, 2.75) is 433 Å². The fourth-order valence-electron chi connectivity index (χ4n) is 17.3. The van der Waals surface area contributed by atoms with E-state index in [4.69, 9.17) is 0 Å². The van der Waals surface area contributed by atoms with Gasteiger partial charge < -0.3 is 0 Å². The minimum absolute atomic E-state index is 0.681. The van der Waals surface area contributed by atoms with E-state index in [9.17, 15) is 0 Å². The third-order valence-corrected chi connectivity index (χ3v) is 29.5. The summed E-state index contributed by atoms with van der Waals surface area (Å²) in [6.45, 7) is 74.7. The molecule has 0 heterocycles. The summed E-state index contributed by atoms with van der Waals surface area (Å²) in [5.74, 6) is 20.6. The van der Waals surface area contributed by atoms with Crippen LogP contribution >= 0.6 is 0 Å². The SMILES string of the molecule is CC(C)C1CCC1.CC1CC(C)(C)C1.CC1CC(C)(C)C1.CC1CC(C)C1C.CC1CCC1(C)C.CC1C[C@H](C)C1C.CCC1(C)CCC1.CCC1(C)CCC1.CCC1CC(C)C1.CCC1CC(C)C1.CCC1CCC1C.CCC1CC[C@@H]1C.C[C@H]1CCC1(C)C. The Morgan fingerprint density at radius 3 is 0.604 bits per heavy atom. The van der Waals surface area contributed by atoms with Crippen LogP contribution in [0.5, 0.6) is 0 Å². The summed E-state index contributed by atoms with van der Waals surface area (Å²) >= 11 is 0. The molecule has 0 N–H and O–H groups in total. The maximum atomic E-state index is 2.39. The van der Waals surface area contributed by atoms with Gasteiger partial charge in [-0.2, -0.15) is 0 Å². The molecule has 0 radical (unpaired) electrons. The van der Waals surface area contributed by atoms with Crippen molar-refractivity contribution < 1.29 is 0 Å². The minimum Gasteiger partial charge on any atom is -0.0651 e. The van der Waals surface area contributed by atoms with Crippen LogP contribution in [0.15, 0.2) is 0 Å². The number of hydrogen-bond acceptors (Lipinski definition) is 0. The maximum absolute atomic E-state index is 2.39. The smallest absolute Gasteiger partial charge is 0.0328 e. The first kappa shape index (κ1) is 89.0. The van der Waals surface area contributed by atoms with Crippen LogP contribution in [-0.4, -0.2) is 0 Å². The Morgan fingerprint density at radius 1 is 0.308 bits per heavy atom. The average Bonchev–Trinajstić information content (AvgIpc) is 1.16. The van der Waals surface area contributed by atoms with E-state index >= 15 is 0 Å². The number of rotatable bonds is 7. The van der Waals surface area contributed by atoms with Gasteiger partial charge in [-0.3, -0.25) is 0 Å². The summed E-state index contributed by atoms with van der Waals surface area (Å²) in [7, 11) is 0. The van der Waals surface area contributed by atoms with Gasteiger partial charge in [0.25, 0.3) is 0 Å². The highest BCUT2D eigenvalue weighted by Crippen LogP contribution is 2.48. The molecule has 13 aliphatic carbocycles. The zero-order valence-electron chi connectivity index (χ0n) is 69.9. The van der Waals surface area contributed by atoms with Crippen LogP contribution in [0, 0.1) is 151 Å². The second-order valence-corrected chi connectivity index (χ2v) is 40.4. The lowest BCUT2D eigenvalue weighted by atomic mass is 9.64. The van der Waals surface area contributed by atoms with Crippen LogP contribution in [0.4, 0.5) is 0 Å². The lowest BCUT2D eigenvalue weighted by Crippen LogP contribution is -2.31. The summed E-state index contributed by atoms with van der Waals surface area (Å²) in [5, 5.41) is 0. The molecule has 13 aliphatic rings. The van der Waals surface area contributed by atoms with Crippen LogP contribution in [-0.2, 0) is 0 Å². The predicted molar refractivity (Wildman–Crippen MR) is 418 cm³/mol. The predicted octanol–water partition coefficient (Wildman–Crippen LogP) is 31.8. The van der Waals surface area contributed by atoms with Crippen molar-refractivity contribution in [2.75, 3.05) is 0 Å². The van der Waals surface area contributed by atoms with Gasteiger partial charge in [0.15, 0.2) is 0 Å². The molecular formula is C91H182. The first-order valence-electron chi connectivity index (χ1n) is 42.1. The molecule has 13 rings (SSSR count). The van der Waals surface area contributed by atoms with E-state index in [0.717, 1.165) is 129 Å². The van der Waals surface area contributed by atoms with Crippen LogP contribution < -0.4 is 0 Å². The second-order valence-electron chi connectivity index (χ2n) is 40.4. The third kappa shape index (κ3) is 34.6. The van der Waals surface area contributed by atoms with Crippen LogP contribution in [0.3, 0.4) is 0 Å². The molecule has 13 fully saturated rings. The standard InChI is InChI=1S/13C7H14/c2*1-6-4-7(2,3)5-6;2*1-6-4-5-7(6,2)3;2*1-5-4-6(2)7(5)3;1-6(2)7-4-3-5-7;2*1-3-7-4-6(2)5-7;2*1-3-7(2)5-4-6-7;2*1-3-7-5-4-6(7)2/h4*6H,4-5H2,1-3H3;2*5-7H,4H2,1-3H3;3*6-7H,3-5H2,1-2H3;2*3-6H2,1-2H3;2*6-7H,3-5H2,1-2H3/t;;6-;;5-,6?,7?;;;;;;;6-,7?;/m..0.0......0./s1. The Labute approximate surface area is 581 Å². The Morgan fingerprint density at radius 2 is 0.593 bits per heavy atom. The van der Waals surface area contributed by atoms with Crippen LogP contribution in [0.25, 0.3) is 0 Å². The zero-order chi connectivity index (χ0) is 69.9. The van der Waals surface area contributed by atoms with Crippen molar-refractivity contribution in [3.8, 4) is 0 Å². The van der Waals surface area contributed by atoms with Crippen LogP contribution in [0.2, 0.25) is 0 Å². The van der Waals surface area contributed by atoms with Crippen LogP contribution in [0.1, 0.15) is 433 Å². The van der Waals surface area contributed by atoms with Crippen molar-refractivity contribution in [1.82, 2.24) is 0 Å². The lowest BCUT2D eigenvalue weighted by molar-refractivity contribution is 0.0891. The highest BCUT2D eigenvalue weighted by molar-refractivity contribution is 4.88. The molecule has 0 aromatic rings. The minimum atomic E-state index is 0.681. The molecule has 8 unspecified atom stereocenters. The third-order valence-electron chi connectivity index (χ3n) is 29.5. The molecule has 91 heavy (non-hydrogen) atoms. The summed E-state index contributed by atoms with van der Waals surface area (Å²) in [5.41, 5.74) is 4.28. The second kappa shape index (κ2) is 42.8. The van der Waals surface area contributed by atoms with Gasteiger partial charge in [0.1, 0.15) is 0 Å². The van der Waals surface area contributed by atoms with Gasteiger partial charge in [0.05, 0.1) is 0 Å². The van der Waals surface area contributed by atoms with Crippen molar-refractivity contribution in [2.24, 2.45) is 151 Å². The van der Waals surface area contributed by atoms with Gasteiger partial charge in [-0.05, 0) is 279 Å². The molecule has 0 aromatic heterocycles. The van der Waals surface area contributed by atoms with Crippen molar-refractivity contribution in [3.05, 3.63) is 0 Å². The molecule has 0 saturated heterocycles. The van der Waals surface area contributed by atoms with Crippen molar-refractivity contribution in [3.63, 3.8) is 0 Å².